The van der Waals surface area contributed by atoms with E-state index in [-0.39, 0.29) is 37.8 Å². The topological polar surface area (TPSA) is 115 Å². The third-order valence-corrected chi connectivity index (χ3v) is 6.56. The number of amides is 1. The number of nitriles is 1. The molecule has 1 aliphatic heterocycles. The third-order valence-electron chi connectivity index (χ3n) is 6.56. The van der Waals surface area contributed by atoms with Crippen molar-refractivity contribution in [1.82, 2.24) is 14.5 Å². The van der Waals surface area contributed by atoms with Crippen LogP contribution in [0.4, 0.5) is 0 Å². The normalized spacial score (nSPS) is 11.9. The van der Waals surface area contributed by atoms with Gasteiger partial charge in [0, 0.05) is 19.5 Å². The van der Waals surface area contributed by atoms with Crippen molar-refractivity contribution in [3.63, 3.8) is 0 Å². The maximum Gasteiger partial charge on any atom is 0.331 e. The van der Waals surface area contributed by atoms with Crippen molar-refractivity contribution in [2.75, 3.05) is 6.79 Å². The standard InChI is InChI=1S/C29H26N4O5/c30-16-21-7-1-2-8-22(21)18-33-24-10-4-3-9-23(24)28(35)32(29(33)36)14-6-5-11-27(34)31-17-20-12-13-25-26(15-20)38-19-37-25/h1-4,7-10,12-13,15H,5-6,11,14,17-19H2,(H,31,34). The van der Waals surface area contributed by atoms with Gasteiger partial charge < -0.3 is 14.8 Å². The van der Waals surface area contributed by atoms with Crippen molar-refractivity contribution in [2.45, 2.75) is 38.9 Å². The Morgan fingerprint density at radius 3 is 2.61 bits per heavy atom. The maximum atomic E-state index is 13.4. The molecule has 4 aromatic rings. The molecule has 0 saturated carbocycles. The second-order valence-electron chi connectivity index (χ2n) is 9.03. The highest BCUT2D eigenvalue weighted by atomic mass is 16.7. The molecule has 9 nitrogen and oxygen atoms in total. The van der Waals surface area contributed by atoms with E-state index in [1.165, 1.54) is 9.13 Å². The van der Waals surface area contributed by atoms with Crippen LogP contribution in [0.15, 0.2) is 76.3 Å². The highest BCUT2D eigenvalue weighted by Gasteiger charge is 2.15. The van der Waals surface area contributed by atoms with Gasteiger partial charge in [0.2, 0.25) is 12.7 Å². The number of rotatable bonds is 9. The molecule has 0 aliphatic carbocycles. The number of nitrogens with zero attached hydrogens (tertiary/aromatic N) is 3. The molecule has 0 atom stereocenters. The van der Waals surface area contributed by atoms with Crippen LogP contribution in [0.1, 0.15) is 36.0 Å². The number of benzene rings is 3. The molecule has 5 rings (SSSR count). The summed E-state index contributed by atoms with van der Waals surface area (Å²) < 4.78 is 13.4. The molecule has 2 heterocycles. The lowest BCUT2D eigenvalue weighted by atomic mass is 10.1. The second kappa shape index (κ2) is 11.0. The van der Waals surface area contributed by atoms with Crippen molar-refractivity contribution in [2.24, 2.45) is 0 Å². The van der Waals surface area contributed by atoms with Crippen LogP contribution in [0.5, 0.6) is 11.5 Å². The van der Waals surface area contributed by atoms with Gasteiger partial charge in [-0.1, -0.05) is 36.4 Å². The summed E-state index contributed by atoms with van der Waals surface area (Å²) in [7, 11) is 0. The number of para-hydroxylation sites is 1. The van der Waals surface area contributed by atoms with Crippen LogP contribution in [0.25, 0.3) is 10.9 Å². The molecule has 0 bridgehead atoms. The highest BCUT2D eigenvalue weighted by Crippen LogP contribution is 2.32. The van der Waals surface area contributed by atoms with E-state index in [4.69, 9.17) is 9.47 Å². The van der Waals surface area contributed by atoms with Crippen molar-refractivity contribution >= 4 is 16.8 Å². The average molecular weight is 511 g/mol. The summed E-state index contributed by atoms with van der Waals surface area (Å²) in [6, 6.07) is 21.8. The second-order valence-corrected chi connectivity index (χ2v) is 9.03. The smallest absolute Gasteiger partial charge is 0.331 e. The van der Waals surface area contributed by atoms with Gasteiger partial charge in [-0.3, -0.25) is 18.7 Å². The van der Waals surface area contributed by atoms with Gasteiger partial charge in [0.1, 0.15) is 0 Å². The van der Waals surface area contributed by atoms with E-state index in [2.05, 4.69) is 11.4 Å². The number of ether oxygens (including phenoxy) is 2. The van der Waals surface area contributed by atoms with Crippen LogP contribution in [-0.4, -0.2) is 21.8 Å². The van der Waals surface area contributed by atoms with Gasteiger partial charge in [-0.05, 0) is 54.3 Å². The molecular weight excluding hydrogens is 484 g/mol. The van der Waals surface area contributed by atoms with Gasteiger partial charge in [0.25, 0.3) is 5.56 Å². The predicted molar refractivity (Wildman–Crippen MR) is 141 cm³/mol. The van der Waals surface area contributed by atoms with Crippen LogP contribution >= 0.6 is 0 Å². The van der Waals surface area contributed by atoms with Gasteiger partial charge in [0.15, 0.2) is 11.5 Å². The molecule has 0 radical (unpaired) electrons. The molecule has 0 fully saturated rings. The Morgan fingerprint density at radius 2 is 1.74 bits per heavy atom. The number of hydrogen-bond acceptors (Lipinski definition) is 6. The SMILES string of the molecule is N#Cc1ccccc1Cn1c(=O)n(CCCCC(=O)NCc2ccc3c(c2)OCO3)c(=O)c2ccccc21. The first-order valence-electron chi connectivity index (χ1n) is 12.4. The van der Waals surface area contributed by atoms with E-state index in [1.54, 1.807) is 42.5 Å². The monoisotopic (exact) mass is 510 g/mol. The number of carbonyl (C=O) groups excluding carboxylic acids is 1. The zero-order valence-electron chi connectivity index (χ0n) is 20.7. The number of nitrogens with one attached hydrogen (secondary N) is 1. The van der Waals surface area contributed by atoms with E-state index < -0.39 is 5.69 Å². The lowest BCUT2D eigenvalue weighted by molar-refractivity contribution is -0.121. The number of carbonyl (C=O) groups is 1. The Kier molecular flexibility index (Phi) is 7.22. The number of hydrogen-bond donors (Lipinski definition) is 1. The van der Waals surface area contributed by atoms with Crippen molar-refractivity contribution < 1.29 is 14.3 Å². The van der Waals surface area contributed by atoms with Gasteiger partial charge in [-0.25, -0.2) is 4.79 Å². The summed E-state index contributed by atoms with van der Waals surface area (Å²) in [4.78, 5) is 38.9. The van der Waals surface area contributed by atoms with Crippen molar-refractivity contribution in [1.29, 1.82) is 5.26 Å². The van der Waals surface area contributed by atoms with E-state index in [1.807, 2.05) is 24.3 Å². The lowest BCUT2D eigenvalue weighted by Gasteiger charge is -2.15. The summed E-state index contributed by atoms with van der Waals surface area (Å²) in [5.74, 6) is 1.25. The molecule has 3 aromatic carbocycles. The minimum absolute atomic E-state index is 0.112. The van der Waals surface area contributed by atoms with Crippen LogP contribution in [0, 0.1) is 11.3 Å². The molecule has 1 aliphatic rings. The minimum Gasteiger partial charge on any atom is -0.454 e. The van der Waals surface area contributed by atoms with E-state index in [9.17, 15) is 19.6 Å². The zero-order valence-corrected chi connectivity index (χ0v) is 20.7. The molecule has 0 unspecified atom stereocenters. The van der Waals surface area contributed by atoms with Crippen LogP contribution in [0.2, 0.25) is 0 Å². The summed E-state index contributed by atoms with van der Waals surface area (Å²) in [6.45, 7) is 0.932. The third kappa shape index (κ3) is 5.15. The fourth-order valence-electron chi connectivity index (χ4n) is 4.55. The summed E-state index contributed by atoms with van der Waals surface area (Å²) in [6.07, 6.45) is 1.28. The van der Waals surface area contributed by atoms with Gasteiger partial charge >= 0.3 is 5.69 Å². The molecule has 1 aromatic heterocycles. The fraction of sp³-hybridized carbons (Fsp3) is 0.241. The lowest BCUT2D eigenvalue weighted by Crippen LogP contribution is -2.40. The Balaban J connectivity index is 1.25. The van der Waals surface area contributed by atoms with Gasteiger partial charge in [-0.2, -0.15) is 5.26 Å². The number of aromatic nitrogens is 2. The largest absolute Gasteiger partial charge is 0.454 e. The first-order chi connectivity index (χ1) is 18.5. The minimum atomic E-state index is -0.436. The zero-order chi connectivity index (χ0) is 26.5. The summed E-state index contributed by atoms with van der Waals surface area (Å²) in [5, 5.41) is 12.8. The van der Waals surface area contributed by atoms with Gasteiger partial charge in [-0.15, -0.1) is 0 Å². The number of fused-ring (bicyclic) bond motifs is 2. The molecule has 1 amide bonds. The quantitative estimate of drug-likeness (QED) is 0.346. The van der Waals surface area contributed by atoms with E-state index in [0.717, 1.165) is 5.56 Å². The summed E-state index contributed by atoms with van der Waals surface area (Å²) >= 11 is 0. The Hall–Kier alpha value is -4.84. The van der Waals surface area contributed by atoms with Crippen molar-refractivity contribution in [3.8, 4) is 17.6 Å². The molecule has 9 heteroatoms. The number of unbranched alkanes of at least 4 members (excludes halogenated alkanes) is 1. The van der Waals surface area contributed by atoms with Crippen LogP contribution in [0.3, 0.4) is 0 Å². The predicted octanol–water partition coefficient (Wildman–Crippen LogP) is 3.30. The average Bonchev–Trinajstić information content (AvgIpc) is 3.42. The van der Waals surface area contributed by atoms with Crippen LogP contribution in [-0.2, 0) is 24.4 Å². The first-order valence-corrected chi connectivity index (χ1v) is 12.4. The summed E-state index contributed by atoms with van der Waals surface area (Å²) in [5.41, 5.74) is 1.81. The highest BCUT2D eigenvalue weighted by molar-refractivity contribution is 5.78. The Bertz CT molecular complexity index is 1660. The Morgan fingerprint density at radius 1 is 0.947 bits per heavy atom. The molecular formula is C29H26N4O5. The van der Waals surface area contributed by atoms with E-state index in [0.29, 0.717) is 52.9 Å². The molecule has 1 N–H and O–H groups in total. The van der Waals surface area contributed by atoms with Crippen molar-refractivity contribution in [3.05, 3.63) is 104 Å². The Labute approximate surface area is 218 Å². The first kappa shape index (κ1) is 24.8. The van der Waals surface area contributed by atoms with Crippen LogP contribution < -0.4 is 26.0 Å². The van der Waals surface area contributed by atoms with Gasteiger partial charge in [0.05, 0.1) is 29.1 Å². The maximum absolute atomic E-state index is 13.4. The fourth-order valence-corrected chi connectivity index (χ4v) is 4.55. The molecule has 38 heavy (non-hydrogen) atoms. The molecule has 0 spiro atoms. The molecule has 192 valence electrons. The van der Waals surface area contributed by atoms with E-state index >= 15 is 0 Å². The molecule has 0 saturated heterocycles.